The smallest absolute Gasteiger partial charge is 0.0594 e. The van der Waals surface area contributed by atoms with Gasteiger partial charge in [0.1, 0.15) is 0 Å². The molecule has 10 aliphatic carbocycles. The molecule has 0 amide bonds. The molecule has 0 aliphatic heterocycles. The normalized spacial score (nSPS) is 57.5. The minimum atomic E-state index is -0.159. The lowest BCUT2D eigenvalue weighted by Gasteiger charge is -2.73. The summed E-state index contributed by atoms with van der Waals surface area (Å²) in [5, 5.41) is 22.6. The number of rotatable bonds is 6. The first-order valence-electron chi connectivity index (χ1n) is 27.6. The molecule has 0 heterocycles. The Kier molecular flexibility index (Phi) is 10.6. The standard InChI is InChI=1S/C60H98O3/c1-37(2)39-19-29-59(33-31-55(11)41(49(39)59)15-17-45-53(9)25-23-47(61)51(5,6)43(53)21-27-57(45,55)13)35-63-36-60-30-20-40(38(3)4)50(60)42-16-18-46-54(10)26-24-48(62)52(7,8)44(54)22-28-58(46,14)56(42,12)32-34-60/h39-50,61-62H,1,3,15-36H2,2,4-14H3/t39-,40-,41+,42+,43-,44-,45+,46+,47-,48-,49+,50+,53-,54-,55+,56+,57+,58+,59+,60+/m0/s1. The highest BCUT2D eigenvalue weighted by atomic mass is 16.5. The molecule has 0 aromatic carbocycles. The van der Waals surface area contributed by atoms with Crippen LogP contribution in [0, 0.1) is 113 Å². The van der Waals surface area contributed by atoms with Crippen molar-refractivity contribution in [2.45, 2.75) is 224 Å². The fourth-order valence-electron chi connectivity index (χ4n) is 23.5. The first kappa shape index (κ1) is 46.1. The van der Waals surface area contributed by atoms with Gasteiger partial charge in [-0.15, -0.1) is 0 Å². The highest BCUT2D eigenvalue weighted by Gasteiger charge is 2.73. The summed E-state index contributed by atoms with van der Waals surface area (Å²) >= 11 is 0. The predicted molar refractivity (Wildman–Crippen MR) is 261 cm³/mol. The van der Waals surface area contributed by atoms with E-state index in [0.717, 1.165) is 49.7 Å². The van der Waals surface area contributed by atoms with E-state index in [2.05, 4.69) is 83.1 Å². The van der Waals surface area contributed by atoms with Gasteiger partial charge in [0.05, 0.1) is 25.4 Å². The van der Waals surface area contributed by atoms with Gasteiger partial charge < -0.3 is 14.9 Å². The van der Waals surface area contributed by atoms with Gasteiger partial charge in [-0.05, 0) is 256 Å². The van der Waals surface area contributed by atoms with Gasteiger partial charge in [-0.2, -0.15) is 0 Å². The monoisotopic (exact) mass is 867 g/mol. The van der Waals surface area contributed by atoms with Gasteiger partial charge in [0.25, 0.3) is 0 Å². The van der Waals surface area contributed by atoms with E-state index in [4.69, 9.17) is 17.9 Å². The van der Waals surface area contributed by atoms with Crippen LogP contribution >= 0.6 is 0 Å². The summed E-state index contributed by atoms with van der Waals surface area (Å²) in [5.74, 6) is 6.86. The molecule has 0 saturated heterocycles. The minimum absolute atomic E-state index is 0.00767. The molecule has 0 spiro atoms. The summed E-state index contributed by atoms with van der Waals surface area (Å²) in [6, 6.07) is 0. The maximum absolute atomic E-state index is 11.3. The van der Waals surface area contributed by atoms with E-state index in [1.54, 1.807) is 0 Å². The van der Waals surface area contributed by atoms with Crippen LogP contribution in [0.3, 0.4) is 0 Å². The number of hydrogen-bond acceptors (Lipinski definition) is 3. The molecule has 10 aliphatic rings. The third-order valence-electron chi connectivity index (χ3n) is 27.2. The molecule has 0 aromatic rings. The van der Waals surface area contributed by atoms with E-state index in [1.807, 2.05) is 0 Å². The molecule has 0 unspecified atom stereocenters. The Morgan fingerprint density at radius 1 is 0.429 bits per heavy atom. The van der Waals surface area contributed by atoms with Crippen molar-refractivity contribution in [1.82, 2.24) is 0 Å². The first-order chi connectivity index (χ1) is 29.3. The third kappa shape index (κ3) is 5.78. The van der Waals surface area contributed by atoms with Crippen molar-refractivity contribution < 1.29 is 14.9 Å². The molecule has 20 atom stereocenters. The highest BCUT2D eigenvalue weighted by Crippen LogP contribution is 2.80. The van der Waals surface area contributed by atoms with Crippen LogP contribution in [0.1, 0.15) is 212 Å². The van der Waals surface area contributed by atoms with Gasteiger partial charge in [-0.25, -0.2) is 0 Å². The summed E-state index contributed by atoms with van der Waals surface area (Å²) in [7, 11) is 0. The number of hydrogen-bond donors (Lipinski definition) is 2. The average Bonchev–Trinajstić information content (AvgIpc) is 3.79. The van der Waals surface area contributed by atoms with Gasteiger partial charge in [0.2, 0.25) is 0 Å². The highest BCUT2D eigenvalue weighted by molar-refractivity contribution is 5.24. The minimum Gasteiger partial charge on any atom is -0.393 e. The number of aliphatic hydroxyl groups excluding tert-OH is 2. The molecular formula is C60H98O3. The first-order valence-corrected chi connectivity index (χ1v) is 27.6. The molecule has 10 fully saturated rings. The Morgan fingerprint density at radius 3 is 1.17 bits per heavy atom. The molecule has 356 valence electrons. The zero-order valence-electron chi connectivity index (χ0n) is 43.2. The molecule has 0 bridgehead atoms. The van der Waals surface area contributed by atoms with Crippen molar-refractivity contribution >= 4 is 0 Å². The molecule has 2 N–H and O–H groups in total. The summed E-state index contributed by atoms with van der Waals surface area (Å²) in [6.07, 6.45) is 25.5. The Hall–Kier alpha value is -0.640. The van der Waals surface area contributed by atoms with Crippen LogP contribution in [0.25, 0.3) is 0 Å². The van der Waals surface area contributed by atoms with Crippen molar-refractivity contribution in [2.75, 3.05) is 13.2 Å². The molecule has 3 heteroatoms. The van der Waals surface area contributed by atoms with Gasteiger partial charge in [0, 0.05) is 0 Å². The van der Waals surface area contributed by atoms with E-state index in [0.29, 0.717) is 68.0 Å². The van der Waals surface area contributed by atoms with Crippen LogP contribution in [0.2, 0.25) is 0 Å². The van der Waals surface area contributed by atoms with Gasteiger partial charge >= 0.3 is 0 Å². The average molecular weight is 867 g/mol. The maximum atomic E-state index is 11.3. The zero-order valence-corrected chi connectivity index (χ0v) is 43.2. The summed E-state index contributed by atoms with van der Waals surface area (Å²) in [5.41, 5.74) is 5.48. The summed E-state index contributed by atoms with van der Waals surface area (Å²) < 4.78 is 7.60. The van der Waals surface area contributed by atoms with Crippen LogP contribution in [0.5, 0.6) is 0 Å². The zero-order chi connectivity index (χ0) is 45.3. The topological polar surface area (TPSA) is 49.7 Å². The van der Waals surface area contributed by atoms with Crippen molar-refractivity contribution in [2.24, 2.45) is 113 Å². The molecule has 0 aromatic heterocycles. The van der Waals surface area contributed by atoms with Crippen molar-refractivity contribution in [3.63, 3.8) is 0 Å². The van der Waals surface area contributed by atoms with Crippen molar-refractivity contribution in [3.05, 3.63) is 24.3 Å². The Morgan fingerprint density at radius 2 is 0.810 bits per heavy atom. The lowest BCUT2D eigenvalue weighted by atomic mass is 9.32. The predicted octanol–water partition coefficient (Wildman–Crippen LogP) is 15.0. The van der Waals surface area contributed by atoms with Crippen molar-refractivity contribution in [1.29, 1.82) is 0 Å². The van der Waals surface area contributed by atoms with Crippen LogP contribution < -0.4 is 0 Å². The second kappa shape index (κ2) is 14.5. The number of fused-ring (bicyclic) bond motifs is 14. The van der Waals surface area contributed by atoms with Crippen LogP contribution in [-0.2, 0) is 4.74 Å². The number of aliphatic hydroxyl groups is 2. The van der Waals surface area contributed by atoms with Crippen LogP contribution in [-0.4, -0.2) is 35.6 Å². The quantitative estimate of drug-likeness (QED) is 0.262. The van der Waals surface area contributed by atoms with E-state index >= 15 is 0 Å². The largest absolute Gasteiger partial charge is 0.393 e. The molecular weight excluding hydrogens is 769 g/mol. The van der Waals surface area contributed by atoms with E-state index in [9.17, 15) is 10.2 Å². The number of allylic oxidation sites excluding steroid dienone is 2. The number of ether oxygens (including phenoxy) is 1. The van der Waals surface area contributed by atoms with E-state index < -0.39 is 0 Å². The Bertz CT molecular complexity index is 1710. The maximum Gasteiger partial charge on any atom is 0.0594 e. The second-order valence-electron chi connectivity index (χ2n) is 29.3. The molecule has 10 saturated carbocycles. The molecule has 3 nitrogen and oxygen atoms in total. The summed E-state index contributed by atoms with van der Waals surface area (Å²) in [6.45, 7) is 42.4. The van der Waals surface area contributed by atoms with E-state index in [-0.39, 0.29) is 33.9 Å². The lowest BCUT2D eigenvalue weighted by Crippen LogP contribution is -2.67. The molecule has 0 radical (unpaired) electrons. The molecule has 10 rings (SSSR count). The van der Waals surface area contributed by atoms with Gasteiger partial charge in [-0.3, -0.25) is 0 Å². The Balaban J connectivity index is 0.909. The third-order valence-corrected chi connectivity index (χ3v) is 27.2. The molecule has 63 heavy (non-hydrogen) atoms. The van der Waals surface area contributed by atoms with Crippen LogP contribution in [0.4, 0.5) is 0 Å². The lowest BCUT2D eigenvalue weighted by molar-refractivity contribution is -0.255. The van der Waals surface area contributed by atoms with Gasteiger partial charge in [-0.1, -0.05) is 93.5 Å². The van der Waals surface area contributed by atoms with Gasteiger partial charge in [0.15, 0.2) is 0 Å². The van der Waals surface area contributed by atoms with E-state index in [1.165, 1.54) is 127 Å². The fourth-order valence-corrected chi connectivity index (χ4v) is 23.5. The fraction of sp³-hybridized carbons (Fsp3) is 0.933. The van der Waals surface area contributed by atoms with Crippen LogP contribution in [0.15, 0.2) is 24.3 Å². The van der Waals surface area contributed by atoms with Crippen molar-refractivity contribution in [3.8, 4) is 0 Å². The SMILES string of the molecule is C=C(C)[C@@H]1CC[C@]2(COC[C@]34CC[C@@H](C(=C)C)[C@@H]3[C@H]3CC[C@@H]5[C@@]6(C)CC[C@H](O)C(C)(C)[C@@H]6CC[C@@]5(C)[C@]3(C)CC4)CC[C@]3(C)[C@H](CC[C@@H]4[C@@]5(C)CC[C@H](O)C(C)(C)[C@@H]5CC[C@]43C)[C@@H]12. The Labute approximate surface area is 388 Å². The summed E-state index contributed by atoms with van der Waals surface area (Å²) in [4.78, 5) is 0. The second-order valence-corrected chi connectivity index (χ2v) is 29.3.